The number of hydrogen-bond donors (Lipinski definition) is 3. The number of hydrogen-bond acceptors (Lipinski definition) is 6. The number of aliphatic hydroxyl groups excluding tert-OH is 1. The van der Waals surface area contributed by atoms with Gasteiger partial charge < -0.3 is 20.3 Å². The highest BCUT2D eigenvalue weighted by Gasteiger charge is 2.30. The lowest BCUT2D eigenvalue weighted by atomic mass is 9.88. The molecule has 1 aliphatic carbocycles. The van der Waals surface area contributed by atoms with E-state index in [1.807, 2.05) is 0 Å². The van der Waals surface area contributed by atoms with E-state index in [1.165, 1.54) is 43.5 Å². The molecule has 0 heterocycles. The Hall–Kier alpha value is -3.31. The van der Waals surface area contributed by atoms with Crippen molar-refractivity contribution >= 4 is 16.0 Å². The summed E-state index contributed by atoms with van der Waals surface area (Å²) in [6.07, 6.45) is 1.96. The molecule has 1 atom stereocenters. The van der Waals surface area contributed by atoms with Gasteiger partial charge in [0, 0.05) is 31.2 Å². The number of sulfonamides is 1. The number of fused-ring (bicyclic) bond motifs is 1. The monoisotopic (exact) mass is 584 g/mol. The summed E-state index contributed by atoms with van der Waals surface area (Å²) >= 11 is 0. The second-order valence-corrected chi connectivity index (χ2v) is 13.3. The minimum Gasteiger partial charge on any atom is -0.495 e. The lowest BCUT2D eigenvalue weighted by Crippen LogP contribution is -2.47. The maximum absolute atomic E-state index is 14.6. The topological polar surface area (TPSA) is 116 Å². The minimum absolute atomic E-state index is 0.0432. The fourth-order valence-electron chi connectivity index (χ4n) is 5.53. The number of carboxylic acid groups (broad SMARTS) is 1. The fraction of sp³-hybridized carbons (Fsp3) is 0.387. The number of nitrogens with one attached hydrogen (secondary N) is 1. The van der Waals surface area contributed by atoms with Crippen LogP contribution in [0, 0.1) is 11.7 Å². The second-order valence-electron chi connectivity index (χ2n) is 11.3. The summed E-state index contributed by atoms with van der Waals surface area (Å²) in [5.41, 5.74) is 2.50. The van der Waals surface area contributed by atoms with Crippen molar-refractivity contribution < 1.29 is 32.6 Å². The van der Waals surface area contributed by atoms with Gasteiger partial charge in [-0.25, -0.2) is 17.6 Å². The quantitative estimate of drug-likeness (QED) is 0.290. The van der Waals surface area contributed by atoms with Gasteiger partial charge in [0.1, 0.15) is 16.5 Å². The minimum atomic E-state index is -4.17. The summed E-state index contributed by atoms with van der Waals surface area (Å²) in [7, 11) is -1.49. The summed E-state index contributed by atoms with van der Waals surface area (Å²) in [6.45, 7) is 4.17. The highest BCUT2D eigenvalue weighted by molar-refractivity contribution is 7.89. The van der Waals surface area contributed by atoms with Gasteiger partial charge in [0.25, 0.3) is 0 Å². The predicted molar refractivity (Wildman–Crippen MR) is 155 cm³/mol. The molecule has 0 fully saturated rings. The zero-order valence-corrected chi connectivity index (χ0v) is 24.5. The number of aromatic carboxylic acids is 1. The molecule has 3 aromatic carbocycles. The van der Waals surface area contributed by atoms with Crippen molar-refractivity contribution in [2.45, 2.75) is 49.6 Å². The largest absolute Gasteiger partial charge is 0.495 e. The first kappa shape index (κ1) is 30.6. The smallest absolute Gasteiger partial charge is 0.335 e. The Balaban J connectivity index is 1.43. The van der Waals surface area contributed by atoms with Crippen LogP contribution < -0.4 is 10.1 Å². The Morgan fingerprint density at radius 2 is 1.78 bits per heavy atom. The van der Waals surface area contributed by atoms with E-state index in [0.29, 0.717) is 5.92 Å². The molecule has 0 aromatic heterocycles. The molecule has 0 spiro atoms. The number of methoxy groups -OCH3 is 1. The third-order valence-corrected chi connectivity index (χ3v) is 9.44. The van der Waals surface area contributed by atoms with Gasteiger partial charge in [0.15, 0.2) is 0 Å². The maximum Gasteiger partial charge on any atom is 0.335 e. The molecule has 0 amide bonds. The van der Waals surface area contributed by atoms with Gasteiger partial charge in [-0.15, -0.1) is 0 Å². The van der Waals surface area contributed by atoms with Crippen molar-refractivity contribution in [1.82, 2.24) is 9.62 Å². The number of carboxylic acids is 1. The molecular weight excluding hydrogens is 547 g/mol. The van der Waals surface area contributed by atoms with E-state index in [1.54, 1.807) is 0 Å². The Labute approximate surface area is 240 Å². The number of ether oxygens (including phenoxy) is 1. The van der Waals surface area contributed by atoms with Crippen molar-refractivity contribution in [3.8, 4) is 16.9 Å². The van der Waals surface area contributed by atoms with E-state index in [-0.39, 0.29) is 46.0 Å². The second kappa shape index (κ2) is 12.3. The highest BCUT2D eigenvalue weighted by atomic mass is 32.2. The molecule has 10 heteroatoms. The third-order valence-electron chi connectivity index (χ3n) is 7.59. The third kappa shape index (κ3) is 7.13. The van der Waals surface area contributed by atoms with Crippen LogP contribution in [0.3, 0.4) is 0 Å². The number of halogens is 1. The molecule has 4 rings (SSSR count). The molecule has 3 N–H and O–H groups in total. The van der Waals surface area contributed by atoms with Crippen LogP contribution in [0.5, 0.6) is 5.75 Å². The number of nitrogens with zero attached hydrogens (tertiary/aromatic N) is 1. The summed E-state index contributed by atoms with van der Waals surface area (Å²) in [6, 6.07) is 15.9. The number of rotatable bonds is 12. The van der Waals surface area contributed by atoms with Crippen molar-refractivity contribution in [3.63, 3.8) is 0 Å². The molecule has 0 saturated carbocycles. The van der Waals surface area contributed by atoms with Crippen LogP contribution in [0.4, 0.5) is 4.39 Å². The first-order chi connectivity index (χ1) is 19.3. The van der Waals surface area contributed by atoms with Crippen LogP contribution in [0.25, 0.3) is 11.1 Å². The summed E-state index contributed by atoms with van der Waals surface area (Å²) < 4.78 is 48.0. The van der Waals surface area contributed by atoms with Crippen LogP contribution in [-0.2, 0) is 22.9 Å². The van der Waals surface area contributed by atoms with Crippen LogP contribution in [0.2, 0.25) is 0 Å². The van der Waals surface area contributed by atoms with Gasteiger partial charge in [0.2, 0.25) is 10.0 Å². The van der Waals surface area contributed by atoms with Gasteiger partial charge in [-0.3, -0.25) is 0 Å². The van der Waals surface area contributed by atoms with Crippen LogP contribution in [0.1, 0.15) is 41.8 Å². The van der Waals surface area contributed by atoms with E-state index < -0.39 is 27.9 Å². The molecule has 0 radical (unpaired) electrons. The Morgan fingerprint density at radius 1 is 1.12 bits per heavy atom. The first-order valence-corrected chi connectivity index (χ1v) is 14.9. The first-order valence-electron chi connectivity index (χ1n) is 13.5. The average molecular weight is 585 g/mol. The van der Waals surface area contributed by atoms with E-state index in [9.17, 15) is 27.8 Å². The van der Waals surface area contributed by atoms with Crippen molar-refractivity contribution in [1.29, 1.82) is 0 Å². The number of likely N-dealkylation sites (N-methyl/N-ethyl adjacent to an activating group) is 1. The highest BCUT2D eigenvalue weighted by Crippen LogP contribution is 2.34. The average Bonchev–Trinajstić information content (AvgIpc) is 3.33. The molecule has 0 saturated heterocycles. The zero-order chi connectivity index (χ0) is 29.9. The molecule has 0 unspecified atom stereocenters. The summed E-state index contributed by atoms with van der Waals surface area (Å²) in [5.74, 6) is -1.38. The van der Waals surface area contributed by atoms with Crippen molar-refractivity contribution in [3.05, 3.63) is 83.2 Å². The lowest BCUT2D eigenvalue weighted by molar-refractivity contribution is 0.0697. The number of aliphatic hydroxyl groups is 1. The number of β-amino-alcohol motifs (C(OH)–C–C–N with tert-alkyl or cyclic N) is 1. The Bertz CT molecular complexity index is 1500. The van der Waals surface area contributed by atoms with Crippen molar-refractivity contribution in [2.75, 3.05) is 27.2 Å². The number of benzene rings is 3. The lowest BCUT2D eigenvalue weighted by Gasteiger charge is -2.31. The summed E-state index contributed by atoms with van der Waals surface area (Å²) in [5, 5.41) is 23.5. The standard InChI is InChI=1S/C31H37FN2O6S/c1-31(2,17-20-13-21-7-5-6-8-22(21)14-20)33-18-25(35)19-34(3)41(38,39)29-16-23(10-12-28(29)40-4)26-15-24(30(36)37)9-11-27(26)32/h5-12,15-16,20,25,33,35H,13-14,17-19H2,1-4H3,(H,36,37)/t25-/m1/s1. The molecule has 0 aliphatic heterocycles. The van der Waals surface area contributed by atoms with Gasteiger partial charge in [-0.2, -0.15) is 4.31 Å². The van der Waals surface area contributed by atoms with Gasteiger partial charge in [-0.1, -0.05) is 30.3 Å². The predicted octanol–water partition coefficient (Wildman–Crippen LogP) is 4.35. The van der Waals surface area contributed by atoms with Crippen LogP contribution >= 0.6 is 0 Å². The normalized spacial score (nSPS) is 14.7. The molecule has 220 valence electrons. The zero-order valence-electron chi connectivity index (χ0n) is 23.7. The summed E-state index contributed by atoms with van der Waals surface area (Å²) in [4.78, 5) is 11.2. The van der Waals surface area contributed by atoms with Gasteiger partial charge in [0.05, 0.1) is 18.8 Å². The molecule has 41 heavy (non-hydrogen) atoms. The van der Waals surface area contributed by atoms with Gasteiger partial charge in [-0.05, 0) is 86.1 Å². The van der Waals surface area contributed by atoms with E-state index in [4.69, 9.17) is 4.74 Å². The van der Waals surface area contributed by atoms with E-state index in [0.717, 1.165) is 41.8 Å². The van der Waals surface area contributed by atoms with Gasteiger partial charge >= 0.3 is 5.97 Å². The maximum atomic E-state index is 14.6. The van der Waals surface area contributed by atoms with E-state index >= 15 is 0 Å². The molecule has 0 bridgehead atoms. The van der Waals surface area contributed by atoms with Crippen molar-refractivity contribution in [2.24, 2.45) is 5.92 Å². The fourth-order valence-corrected chi connectivity index (χ4v) is 6.92. The Morgan fingerprint density at radius 3 is 2.39 bits per heavy atom. The number of carbonyl (C=O) groups is 1. The molecule has 8 nitrogen and oxygen atoms in total. The molecule has 1 aliphatic rings. The molecule has 3 aromatic rings. The molecular formula is C31H37FN2O6S. The SMILES string of the molecule is COc1ccc(-c2cc(C(=O)O)ccc2F)cc1S(=O)(=O)N(C)C[C@H](O)CNC(C)(C)CC1Cc2ccccc2C1. The van der Waals surface area contributed by atoms with Crippen LogP contribution in [0.15, 0.2) is 65.6 Å². The van der Waals surface area contributed by atoms with E-state index in [2.05, 4.69) is 43.4 Å². The Kier molecular flexibility index (Phi) is 9.18. The van der Waals surface area contributed by atoms with Crippen LogP contribution in [-0.4, -0.2) is 67.8 Å².